The number of methoxy groups -OCH3 is 1. The van der Waals surface area contributed by atoms with E-state index in [-0.39, 0.29) is 18.3 Å². The Morgan fingerprint density at radius 2 is 2.30 bits per heavy atom. The Morgan fingerprint density at radius 3 is 2.96 bits per heavy atom. The molecule has 1 aromatic carbocycles. The Balaban J connectivity index is 0.00000264. The molecule has 4 nitrogen and oxygen atoms in total. The smallest absolute Gasteiger partial charge is 0.220 e. The summed E-state index contributed by atoms with van der Waals surface area (Å²) in [7, 11) is 1.62. The Labute approximate surface area is 149 Å². The van der Waals surface area contributed by atoms with Crippen LogP contribution in [0.2, 0.25) is 5.02 Å². The first kappa shape index (κ1) is 20.1. The molecular weight excluding hydrogens is 335 g/mol. The number of hydrogen-bond donors (Lipinski definition) is 2. The molecule has 23 heavy (non-hydrogen) atoms. The molecule has 2 N–H and O–H groups in total. The molecule has 0 saturated carbocycles. The third-order valence-electron chi connectivity index (χ3n) is 4.37. The topological polar surface area (TPSA) is 50.4 Å². The number of halogens is 2. The van der Waals surface area contributed by atoms with Gasteiger partial charge in [0.2, 0.25) is 5.91 Å². The highest BCUT2D eigenvalue weighted by Crippen LogP contribution is 2.24. The highest BCUT2D eigenvalue weighted by molar-refractivity contribution is 6.30. The number of hydrogen-bond acceptors (Lipinski definition) is 3. The van der Waals surface area contributed by atoms with E-state index in [0.29, 0.717) is 29.8 Å². The summed E-state index contributed by atoms with van der Waals surface area (Å²) in [5, 5.41) is 7.02. The summed E-state index contributed by atoms with van der Waals surface area (Å²) in [5.74, 6) is 1.82. The molecule has 1 aromatic rings. The van der Waals surface area contributed by atoms with Crippen LogP contribution in [0.3, 0.4) is 0 Å². The molecule has 0 bridgehead atoms. The van der Waals surface area contributed by atoms with Crippen molar-refractivity contribution >= 4 is 29.9 Å². The van der Waals surface area contributed by atoms with Gasteiger partial charge in [0.1, 0.15) is 5.75 Å². The first-order valence-electron chi connectivity index (χ1n) is 7.90. The largest absolute Gasteiger partial charge is 0.496 e. The summed E-state index contributed by atoms with van der Waals surface area (Å²) in [6.07, 6.45) is 2.98. The van der Waals surface area contributed by atoms with Crippen LogP contribution in [0.15, 0.2) is 18.2 Å². The van der Waals surface area contributed by atoms with Crippen molar-refractivity contribution in [3.63, 3.8) is 0 Å². The lowest BCUT2D eigenvalue weighted by Gasteiger charge is -2.28. The molecule has 6 heteroatoms. The van der Waals surface area contributed by atoms with Gasteiger partial charge in [0.15, 0.2) is 0 Å². The molecule has 0 spiro atoms. The summed E-state index contributed by atoms with van der Waals surface area (Å²) in [5.41, 5.74) is 0.898. The van der Waals surface area contributed by atoms with Crippen LogP contribution in [0.5, 0.6) is 5.75 Å². The second-order valence-corrected chi connectivity index (χ2v) is 6.46. The number of carbonyl (C=O) groups is 1. The van der Waals surface area contributed by atoms with Crippen LogP contribution in [0.4, 0.5) is 0 Å². The quantitative estimate of drug-likeness (QED) is 0.816. The van der Waals surface area contributed by atoms with Crippen LogP contribution in [0.1, 0.15) is 31.7 Å². The van der Waals surface area contributed by atoms with E-state index in [1.165, 1.54) is 12.8 Å². The second kappa shape index (κ2) is 10.0. The van der Waals surface area contributed by atoms with Crippen LogP contribution >= 0.6 is 24.0 Å². The average molecular weight is 361 g/mol. The molecule has 0 aromatic heterocycles. The average Bonchev–Trinajstić information content (AvgIpc) is 2.54. The van der Waals surface area contributed by atoms with Gasteiger partial charge >= 0.3 is 0 Å². The lowest BCUT2D eigenvalue weighted by Crippen LogP contribution is -2.35. The predicted molar refractivity (Wildman–Crippen MR) is 96.5 cm³/mol. The van der Waals surface area contributed by atoms with Crippen molar-refractivity contribution in [1.82, 2.24) is 10.6 Å². The van der Waals surface area contributed by atoms with E-state index in [1.54, 1.807) is 13.2 Å². The van der Waals surface area contributed by atoms with Gasteiger partial charge in [-0.3, -0.25) is 4.79 Å². The van der Waals surface area contributed by atoms with Crippen molar-refractivity contribution in [3.05, 3.63) is 28.8 Å². The zero-order chi connectivity index (χ0) is 15.9. The van der Waals surface area contributed by atoms with Gasteiger partial charge in [-0.05, 0) is 56.0 Å². The van der Waals surface area contributed by atoms with Crippen molar-refractivity contribution in [2.45, 2.75) is 32.7 Å². The maximum Gasteiger partial charge on any atom is 0.220 e. The zero-order valence-corrected chi connectivity index (χ0v) is 15.3. The second-order valence-electron chi connectivity index (χ2n) is 6.02. The van der Waals surface area contributed by atoms with E-state index in [2.05, 4.69) is 17.6 Å². The minimum absolute atomic E-state index is 0. The van der Waals surface area contributed by atoms with Crippen molar-refractivity contribution in [3.8, 4) is 5.75 Å². The van der Waals surface area contributed by atoms with Crippen LogP contribution in [-0.2, 0) is 11.3 Å². The summed E-state index contributed by atoms with van der Waals surface area (Å²) < 4.78 is 5.29. The highest BCUT2D eigenvalue weighted by atomic mass is 35.5. The van der Waals surface area contributed by atoms with Gasteiger partial charge in [-0.15, -0.1) is 12.4 Å². The first-order valence-corrected chi connectivity index (χ1v) is 8.27. The molecule has 2 unspecified atom stereocenters. The van der Waals surface area contributed by atoms with Crippen LogP contribution < -0.4 is 15.4 Å². The number of nitrogens with one attached hydrogen (secondary N) is 2. The van der Waals surface area contributed by atoms with Gasteiger partial charge < -0.3 is 15.4 Å². The lowest BCUT2D eigenvalue weighted by atomic mass is 9.85. The molecule has 1 aliphatic heterocycles. The van der Waals surface area contributed by atoms with E-state index in [9.17, 15) is 4.79 Å². The number of ether oxygens (including phenoxy) is 1. The molecule has 1 fully saturated rings. The van der Waals surface area contributed by atoms with Crippen molar-refractivity contribution in [1.29, 1.82) is 0 Å². The summed E-state index contributed by atoms with van der Waals surface area (Å²) >= 11 is 6.00. The minimum atomic E-state index is 0. The molecule has 1 aliphatic rings. The van der Waals surface area contributed by atoms with E-state index in [4.69, 9.17) is 16.3 Å². The Morgan fingerprint density at radius 1 is 1.52 bits per heavy atom. The minimum Gasteiger partial charge on any atom is -0.496 e. The third-order valence-corrected chi connectivity index (χ3v) is 4.60. The molecule has 1 amide bonds. The molecular formula is C17H26Cl2N2O2. The van der Waals surface area contributed by atoms with Crippen molar-refractivity contribution in [2.75, 3.05) is 20.2 Å². The lowest BCUT2D eigenvalue weighted by molar-refractivity contribution is -0.122. The standard InChI is InChI=1S/C17H25ClN2O2.ClH/c1-12(13-4-3-7-19-10-13)8-17(21)20-11-14-9-15(18)5-6-16(14)22-2;/h5-6,9,12-13,19H,3-4,7-8,10-11H2,1-2H3,(H,20,21);1H. The molecule has 1 heterocycles. The fourth-order valence-corrected chi connectivity index (χ4v) is 3.17. The number of carbonyl (C=O) groups excluding carboxylic acids is 1. The first-order chi connectivity index (χ1) is 10.6. The maximum atomic E-state index is 12.1. The van der Waals surface area contributed by atoms with Crippen LogP contribution in [0.25, 0.3) is 0 Å². The van der Waals surface area contributed by atoms with E-state index < -0.39 is 0 Å². The molecule has 0 aliphatic carbocycles. The van der Waals surface area contributed by atoms with Gasteiger partial charge in [0.25, 0.3) is 0 Å². The number of rotatable bonds is 6. The number of amides is 1. The Hall–Kier alpha value is -0.970. The summed E-state index contributed by atoms with van der Waals surface area (Å²) in [4.78, 5) is 12.1. The van der Waals surface area contributed by atoms with Gasteiger partial charge in [-0.25, -0.2) is 0 Å². The summed E-state index contributed by atoms with van der Waals surface area (Å²) in [6.45, 7) is 4.73. The molecule has 130 valence electrons. The Kier molecular flexibility index (Phi) is 8.74. The monoisotopic (exact) mass is 360 g/mol. The summed E-state index contributed by atoms with van der Waals surface area (Å²) in [6, 6.07) is 5.43. The third kappa shape index (κ3) is 6.21. The fourth-order valence-electron chi connectivity index (χ4n) is 2.97. The molecule has 1 saturated heterocycles. The fraction of sp³-hybridized carbons (Fsp3) is 0.588. The van der Waals surface area contributed by atoms with Gasteiger partial charge in [-0.2, -0.15) is 0 Å². The van der Waals surface area contributed by atoms with Crippen molar-refractivity contribution in [2.24, 2.45) is 11.8 Å². The van der Waals surface area contributed by atoms with Gasteiger partial charge in [-0.1, -0.05) is 18.5 Å². The van der Waals surface area contributed by atoms with Crippen molar-refractivity contribution < 1.29 is 9.53 Å². The normalized spacial score (nSPS) is 18.7. The van der Waals surface area contributed by atoms with E-state index >= 15 is 0 Å². The predicted octanol–water partition coefficient (Wildman–Crippen LogP) is 3.41. The SMILES string of the molecule is COc1ccc(Cl)cc1CNC(=O)CC(C)C1CCCNC1.Cl. The number of piperidine rings is 1. The number of benzene rings is 1. The Bertz CT molecular complexity index is 505. The molecule has 2 atom stereocenters. The van der Waals surface area contributed by atoms with E-state index in [1.807, 2.05) is 12.1 Å². The zero-order valence-electron chi connectivity index (χ0n) is 13.7. The van der Waals surface area contributed by atoms with Gasteiger partial charge in [0, 0.05) is 23.6 Å². The highest BCUT2D eigenvalue weighted by Gasteiger charge is 2.22. The van der Waals surface area contributed by atoms with Crippen LogP contribution in [-0.4, -0.2) is 26.1 Å². The molecule has 2 rings (SSSR count). The van der Waals surface area contributed by atoms with Crippen LogP contribution in [0, 0.1) is 11.8 Å². The maximum absolute atomic E-state index is 12.1. The van der Waals surface area contributed by atoms with E-state index in [0.717, 1.165) is 24.4 Å². The van der Waals surface area contributed by atoms with Gasteiger partial charge in [0.05, 0.1) is 7.11 Å². The molecule has 0 radical (unpaired) electrons.